The molecule has 0 saturated heterocycles. The van der Waals surface area contributed by atoms with Crippen molar-refractivity contribution >= 4 is 0 Å². The smallest absolute Gasteiger partial charge is 0.124 e. The molecule has 0 saturated carbocycles. The third-order valence-electron chi connectivity index (χ3n) is 3.56. The predicted molar refractivity (Wildman–Crippen MR) is 86.2 cm³/mol. The van der Waals surface area contributed by atoms with Crippen molar-refractivity contribution in [3.8, 4) is 11.5 Å². The first kappa shape index (κ1) is 15.4. The van der Waals surface area contributed by atoms with Gasteiger partial charge in [0.25, 0.3) is 0 Å². The zero-order valence-corrected chi connectivity index (χ0v) is 13.1. The molecule has 1 atom stereocenters. The summed E-state index contributed by atoms with van der Waals surface area (Å²) in [5.41, 5.74) is 3.42. The lowest BCUT2D eigenvalue weighted by Crippen LogP contribution is -2.23. The Hall–Kier alpha value is -2.00. The normalized spacial score (nSPS) is 12.0. The molecule has 1 N–H and O–H groups in total. The monoisotopic (exact) mass is 285 g/mol. The van der Waals surface area contributed by atoms with E-state index in [1.165, 1.54) is 5.56 Å². The Morgan fingerprint density at radius 1 is 0.952 bits per heavy atom. The third kappa shape index (κ3) is 3.37. The van der Waals surface area contributed by atoms with Gasteiger partial charge in [-0.05, 0) is 31.2 Å². The van der Waals surface area contributed by atoms with Crippen LogP contribution in [0.4, 0.5) is 0 Å². The average Bonchev–Trinajstić information content (AvgIpc) is 2.53. The summed E-state index contributed by atoms with van der Waals surface area (Å²) in [5.74, 6) is 1.78. The van der Waals surface area contributed by atoms with Crippen LogP contribution in [0.2, 0.25) is 0 Å². The molecule has 0 fully saturated rings. The van der Waals surface area contributed by atoms with Gasteiger partial charge < -0.3 is 14.8 Å². The molecule has 0 heterocycles. The Kier molecular flexibility index (Phi) is 5.23. The highest BCUT2D eigenvalue weighted by Gasteiger charge is 2.20. The molecule has 0 aliphatic heterocycles. The molecule has 3 heteroatoms. The summed E-state index contributed by atoms with van der Waals surface area (Å²) < 4.78 is 11.1. The van der Waals surface area contributed by atoms with E-state index in [2.05, 4.69) is 43.4 Å². The maximum Gasteiger partial charge on any atom is 0.124 e. The number of rotatable bonds is 6. The number of nitrogens with one attached hydrogen (secondary N) is 1. The van der Waals surface area contributed by atoms with Gasteiger partial charge in [0.1, 0.15) is 11.5 Å². The van der Waals surface area contributed by atoms with Crippen molar-refractivity contribution < 1.29 is 9.47 Å². The summed E-state index contributed by atoms with van der Waals surface area (Å²) >= 11 is 0. The Morgan fingerprint density at radius 2 is 1.62 bits per heavy atom. The molecular weight excluding hydrogens is 262 g/mol. The third-order valence-corrected chi connectivity index (χ3v) is 3.56. The van der Waals surface area contributed by atoms with Crippen LogP contribution in [0, 0.1) is 6.92 Å². The van der Waals surface area contributed by atoms with Gasteiger partial charge in [-0.15, -0.1) is 0 Å². The highest BCUT2D eigenvalue weighted by Crippen LogP contribution is 2.35. The quantitative estimate of drug-likeness (QED) is 0.877. The summed E-state index contributed by atoms with van der Waals surface area (Å²) in [6.45, 7) is 5.03. The van der Waals surface area contributed by atoms with E-state index in [1.54, 1.807) is 14.2 Å². The molecule has 1 unspecified atom stereocenters. The summed E-state index contributed by atoms with van der Waals surface area (Å²) in [6.07, 6.45) is 0. The van der Waals surface area contributed by atoms with Crippen LogP contribution < -0.4 is 14.8 Å². The molecule has 21 heavy (non-hydrogen) atoms. The van der Waals surface area contributed by atoms with Crippen LogP contribution in [-0.4, -0.2) is 20.8 Å². The Labute approximate surface area is 126 Å². The highest BCUT2D eigenvalue weighted by atomic mass is 16.5. The van der Waals surface area contributed by atoms with E-state index < -0.39 is 0 Å². The lowest BCUT2D eigenvalue weighted by atomic mass is 9.96. The second kappa shape index (κ2) is 7.14. The fraction of sp³-hybridized carbons (Fsp3) is 0.333. The number of hydrogen-bond donors (Lipinski definition) is 1. The second-order valence-corrected chi connectivity index (χ2v) is 4.98. The van der Waals surface area contributed by atoms with Gasteiger partial charge in [0, 0.05) is 11.1 Å². The van der Waals surface area contributed by atoms with E-state index in [1.807, 2.05) is 18.2 Å². The van der Waals surface area contributed by atoms with Gasteiger partial charge in [0.2, 0.25) is 0 Å². The van der Waals surface area contributed by atoms with Gasteiger partial charge in [-0.1, -0.05) is 37.3 Å². The van der Waals surface area contributed by atoms with Gasteiger partial charge in [-0.25, -0.2) is 0 Å². The van der Waals surface area contributed by atoms with E-state index in [0.717, 1.165) is 29.2 Å². The molecule has 0 amide bonds. The summed E-state index contributed by atoms with van der Waals surface area (Å²) in [6, 6.07) is 14.4. The van der Waals surface area contributed by atoms with Crippen LogP contribution in [0.5, 0.6) is 11.5 Å². The van der Waals surface area contributed by atoms with Gasteiger partial charge in [-0.3, -0.25) is 0 Å². The van der Waals surface area contributed by atoms with Gasteiger partial charge in [0.15, 0.2) is 0 Å². The lowest BCUT2D eigenvalue weighted by Gasteiger charge is -2.23. The van der Waals surface area contributed by atoms with Crippen molar-refractivity contribution in [2.75, 3.05) is 20.8 Å². The van der Waals surface area contributed by atoms with Crippen molar-refractivity contribution in [1.29, 1.82) is 0 Å². The number of benzene rings is 2. The molecule has 0 spiro atoms. The van der Waals surface area contributed by atoms with Crippen LogP contribution >= 0.6 is 0 Å². The molecule has 0 aliphatic rings. The molecule has 112 valence electrons. The van der Waals surface area contributed by atoms with E-state index in [4.69, 9.17) is 9.47 Å². The molecule has 0 bridgehead atoms. The molecule has 2 aromatic carbocycles. The average molecular weight is 285 g/mol. The molecule has 2 rings (SSSR count). The second-order valence-electron chi connectivity index (χ2n) is 4.98. The zero-order valence-electron chi connectivity index (χ0n) is 13.1. The maximum absolute atomic E-state index is 5.57. The zero-order chi connectivity index (χ0) is 15.2. The van der Waals surface area contributed by atoms with Gasteiger partial charge >= 0.3 is 0 Å². The van der Waals surface area contributed by atoms with E-state index in [-0.39, 0.29) is 6.04 Å². The van der Waals surface area contributed by atoms with Gasteiger partial charge in [0.05, 0.1) is 20.3 Å². The number of methoxy groups -OCH3 is 2. The molecule has 0 aliphatic carbocycles. The van der Waals surface area contributed by atoms with Crippen molar-refractivity contribution in [2.24, 2.45) is 0 Å². The number of para-hydroxylation sites is 1. The number of ether oxygens (including phenoxy) is 2. The Morgan fingerprint density at radius 3 is 2.29 bits per heavy atom. The first-order valence-electron chi connectivity index (χ1n) is 7.22. The van der Waals surface area contributed by atoms with Crippen LogP contribution in [0.25, 0.3) is 0 Å². The van der Waals surface area contributed by atoms with E-state index >= 15 is 0 Å². The topological polar surface area (TPSA) is 30.5 Å². The standard InChI is InChI=1S/C18H23NO2/c1-5-19-18(14-8-6-7-9-16(14)20-3)15-11-10-13(2)12-17(15)21-4/h6-12,18-19H,5H2,1-4H3. The van der Waals surface area contributed by atoms with Crippen molar-refractivity contribution in [2.45, 2.75) is 19.9 Å². The molecule has 3 nitrogen and oxygen atoms in total. The minimum atomic E-state index is 0.0432. The SMILES string of the molecule is CCNC(c1ccccc1OC)c1ccc(C)cc1OC. The summed E-state index contributed by atoms with van der Waals surface area (Å²) in [7, 11) is 3.41. The Bertz CT molecular complexity index is 596. The molecular formula is C18H23NO2. The first-order valence-corrected chi connectivity index (χ1v) is 7.22. The van der Waals surface area contributed by atoms with Crippen molar-refractivity contribution in [3.05, 3.63) is 59.2 Å². The summed E-state index contributed by atoms with van der Waals surface area (Å²) in [4.78, 5) is 0. The highest BCUT2D eigenvalue weighted by molar-refractivity contribution is 5.47. The van der Waals surface area contributed by atoms with Crippen molar-refractivity contribution in [3.63, 3.8) is 0 Å². The minimum absolute atomic E-state index is 0.0432. The van der Waals surface area contributed by atoms with Crippen LogP contribution in [0.3, 0.4) is 0 Å². The molecule has 0 radical (unpaired) electrons. The Balaban J connectivity index is 2.53. The number of hydrogen-bond acceptors (Lipinski definition) is 3. The van der Waals surface area contributed by atoms with Crippen LogP contribution in [0.15, 0.2) is 42.5 Å². The number of aryl methyl sites for hydroxylation is 1. The first-order chi connectivity index (χ1) is 10.2. The molecule has 0 aromatic heterocycles. The van der Waals surface area contributed by atoms with Gasteiger partial charge in [-0.2, -0.15) is 0 Å². The fourth-order valence-corrected chi connectivity index (χ4v) is 2.55. The van der Waals surface area contributed by atoms with Crippen molar-refractivity contribution in [1.82, 2.24) is 5.32 Å². The van der Waals surface area contributed by atoms with E-state index in [0.29, 0.717) is 0 Å². The fourth-order valence-electron chi connectivity index (χ4n) is 2.55. The van der Waals surface area contributed by atoms with Crippen LogP contribution in [-0.2, 0) is 0 Å². The minimum Gasteiger partial charge on any atom is -0.496 e. The largest absolute Gasteiger partial charge is 0.496 e. The predicted octanol–water partition coefficient (Wildman–Crippen LogP) is 3.71. The van der Waals surface area contributed by atoms with E-state index in [9.17, 15) is 0 Å². The summed E-state index contributed by atoms with van der Waals surface area (Å²) in [5, 5.41) is 3.52. The van der Waals surface area contributed by atoms with Crippen LogP contribution in [0.1, 0.15) is 29.7 Å². The lowest BCUT2D eigenvalue weighted by molar-refractivity contribution is 0.394. The maximum atomic E-state index is 5.57. The molecule has 2 aromatic rings.